The number of carbonyl (C=O) groups excluding carboxylic acids is 2. The van der Waals surface area contributed by atoms with E-state index in [0.717, 1.165) is 6.20 Å². The van der Waals surface area contributed by atoms with Crippen molar-refractivity contribution in [2.45, 2.75) is 32.9 Å². The van der Waals surface area contributed by atoms with Crippen LogP contribution in [0.25, 0.3) is 0 Å². The second kappa shape index (κ2) is 7.68. The van der Waals surface area contributed by atoms with E-state index in [0.29, 0.717) is 17.0 Å². The predicted octanol–water partition coefficient (Wildman–Crippen LogP) is 3.07. The fourth-order valence-electron chi connectivity index (χ4n) is 2.09. The van der Waals surface area contributed by atoms with Crippen molar-refractivity contribution in [2.75, 3.05) is 0 Å². The Balaban J connectivity index is 1.98. The summed E-state index contributed by atoms with van der Waals surface area (Å²) < 4.78 is 18.5. The average molecular weight is 330 g/mol. The first-order chi connectivity index (χ1) is 11.4. The van der Waals surface area contributed by atoms with Gasteiger partial charge in [-0.05, 0) is 45.0 Å². The molecule has 1 amide bonds. The Hall–Kier alpha value is -2.76. The van der Waals surface area contributed by atoms with Crippen LogP contribution in [0.15, 0.2) is 42.6 Å². The molecule has 0 fully saturated rings. The number of aromatic nitrogens is 1. The number of ketones is 1. The summed E-state index contributed by atoms with van der Waals surface area (Å²) in [5, 5.41) is 2.76. The molecule has 1 unspecified atom stereocenters. The summed E-state index contributed by atoms with van der Waals surface area (Å²) in [5.74, 6) is -0.396. The smallest absolute Gasteiger partial charge is 0.261 e. The van der Waals surface area contributed by atoms with Crippen LogP contribution >= 0.6 is 0 Å². The summed E-state index contributed by atoms with van der Waals surface area (Å²) in [6.07, 6.45) is 0.348. The number of hydrogen-bond acceptors (Lipinski definition) is 4. The molecular weight excluding hydrogens is 311 g/mol. The minimum absolute atomic E-state index is 0.0754. The van der Waals surface area contributed by atoms with Gasteiger partial charge in [0.05, 0.1) is 17.9 Å². The number of nitrogens with zero attached hydrogens (tertiary/aromatic N) is 1. The molecule has 2 aromatic rings. The minimum atomic E-state index is -0.755. The molecule has 24 heavy (non-hydrogen) atoms. The normalized spacial score (nSPS) is 13.0. The van der Waals surface area contributed by atoms with E-state index in [4.69, 9.17) is 4.74 Å². The van der Waals surface area contributed by atoms with Gasteiger partial charge in [-0.2, -0.15) is 0 Å². The molecule has 1 heterocycles. The molecular formula is C18H19FN2O3. The maximum atomic E-state index is 12.9. The van der Waals surface area contributed by atoms with Gasteiger partial charge >= 0.3 is 0 Å². The summed E-state index contributed by atoms with van der Waals surface area (Å²) in [6.45, 7) is 4.83. The van der Waals surface area contributed by atoms with Crippen molar-refractivity contribution >= 4 is 11.7 Å². The van der Waals surface area contributed by atoms with Crippen molar-refractivity contribution in [3.63, 3.8) is 0 Å². The van der Waals surface area contributed by atoms with Gasteiger partial charge < -0.3 is 10.1 Å². The third-order valence-electron chi connectivity index (χ3n) is 3.48. The quantitative estimate of drug-likeness (QED) is 0.827. The summed E-state index contributed by atoms with van der Waals surface area (Å²) in [7, 11) is 0. The van der Waals surface area contributed by atoms with E-state index in [-0.39, 0.29) is 17.7 Å². The second-order valence-corrected chi connectivity index (χ2v) is 5.48. The fraction of sp³-hybridized carbons (Fsp3) is 0.278. The van der Waals surface area contributed by atoms with Crippen LogP contribution in [0.2, 0.25) is 0 Å². The van der Waals surface area contributed by atoms with E-state index in [1.54, 1.807) is 38.1 Å². The standard InChI is InChI=1S/C18H19FN2O3/c1-11(17-8-7-15(19)10-20-17)21-18(23)13(3)24-16-6-4-5-14(9-16)12(2)22/h4-11,13H,1-3H3,(H,21,23)/t11-,13?/m0/s1. The molecule has 126 valence electrons. The molecule has 5 nitrogen and oxygen atoms in total. The predicted molar refractivity (Wildman–Crippen MR) is 87.3 cm³/mol. The molecule has 1 N–H and O–H groups in total. The van der Waals surface area contributed by atoms with Crippen LogP contribution in [-0.4, -0.2) is 22.8 Å². The van der Waals surface area contributed by atoms with Gasteiger partial charge in [-0.3, -0.25) is 14.6 Å². The summed E-state index contributed by atoms with van der Waals surface area (Å²) in [4.78, 5) is 27.5. The average Bonchev–Trinajstić information content (AvgIpc) is 2.55. The highest BCUT2D eigenvalue weighted by Gasteiger charge is 2.18. The number of ether oxygens (including phenoxy) is 1. The lowest BCUT2D eigenvalue weighted by atomic mass is 10.1. The van der Waals surface area contributed by atoms with Crippen molar-refractivity contribution in [3.8, 4) is 5.75 Å². The lowest BCUT2D eigenvalue weighted by Crippen LogP contribution is -2.38. The highest BCUT2D eigenvalue weighted by molar-refractivity contribution is 5.94. The van der Waals surface area contributed by atoms with Crippen molar-refractivity contribution in [1.82, 2.24) is 10.3 Å². The van der Waals surface area contributed by atoms with E-state index in [1.807, 2.05) is 0 Å². The molecule has 1 aromatic heterocycles. The van der Waals surface area contributed by atoms with Crippen molar-refractivity contribution < 1.29 is 18.7 Å². The molecule has 0 bridgehead atoms. The molecule has 2 atom stereocenters. The highest BCUT2D eigenvalue weighted by Crippen LogP contribution is 2.16. The number of rotatable bonds is 6. The number of amides is 1. The highest BCUT2D eigenvalue weighted by atomic mass is 19.1. The van der Waals surface area contributed by atoms with Gasteiger partial charge in [-0.1, -0.05) is 12.1 Å². The van der Waals surface area contributed by atoms with Gasteiger partial charge in [0.2, 0.25) is 0 Å². The molecule has 2 rings (SSSR count). The van der Waals surface area contributed by atoms with Crippen molar-refractivity contribution in [1.29, 1.82) is 0 Å². The van der Waals surface area contributed by atoms with Gasteiger partial charge in [-0.15, -0.1) is 0 Å². The largest absolute Gasteiger partial charge is 0.481 e. The van der Waals surface area contributed by atoms with Crippen LogP contribution < -0.4 is 10.1 Å². The third kappa shape index (κ3) is 4.62. The SMILES string of the molecule is CC(=O)c1cccc(OC(C)C(=O)N[C@@H](C)c2ccc(F)cn2)c1. The van der Waals surface area contributed by atoms with Crippen LogP contribution in [-0.2, 0) is 4.79 Å². The van der Waals surface area contributed by atoms with Gasteiger partial charge in [-0.25, -0.2) is 4.39 Å². The van der Waals surface area contributed by atoms with E-state index in [9.17, 15) is 14.0 Å². The van der Waals surface area contributed by atoms with E-state index >= 15 is 0 Å². The molecule has 0 aliphatic rings. The summed E-state index contributed by atoms with van der Waals surface area (Å²) in [6, 6.07) is 9.08. The number of pyridine rings is 1. The lowest BCUT2D eigenvalue weighted by Gasteiger charge is -2.18. The Morgan fingerprint density at radius 1 is 1.21 bits per heavy atom. The number of Topliss-reactive ketones (excluding diaryl/α,β-unsaturated/α-hetero) is 1. The minimum Gasteiger partial charge on any atom is -0.481 e. The number of carbonyl (C=O) groups is 2. The zero-order valence-electron chi connectivity index (χ0n) is 13.7. The zero-order valence-corrected chi connectivity index (χ0v) is 13.7. The summed E-state index contributed by atoms with van der Waals surface area (Å²) in [5.41, 5.74) is 1.07. The number of nitrogens with one attached hydrogen (secondary N) is 1. The first-order valence-corrected chi connectivity index (χ1v) is 7.56. The van der Waals surface area contributed by atoms with Crippen LogP contribution in [0, 0.1) is 5.82 Å². The van der Waals surface area contributed by atoms with Crippen molar-refractivity contribution in [2.24, 2.45) is 0 Å². The number of halogens is 1. The molecule has 0 aliphatic heterocycles. The number of benzene rings is 1. The first-order valence-electron chi connectivity index (χ1n) is 7.56. The Bertz CT molecular complexity index is 731. The van der Waals surface area contributed by atoms with Gasteiger partial charge in [0.1, 0.15) is 11.6 Å². The van der Waals surface area contributed by atoms with Crippen LogP contribution in [0.4, 0.5) is 4.39 Å². The fourth-order valence-corrected chi connectivity index (χ4v) is 2.09. The van der Waals surface area contributed by atoms with Crippen molar-refractivity contribution in [3.05, 3.63) is 59.7 Å². The Kier molecular flexibility index (Phi) is 5.63. The molecule has 0 spiro atoms. The molecule has 1 aromatic carbocycles. The van der Waals surface area contributed by atoms with E-state index in [1.165, 1.54) is 19.1 Å². The molecule has 0 aliphatic carbocycles. The topological polar surface area (TPSA) is 68.3 Å². The Labute approximate surface area is 139 Å². The lowest BCUT2D eigenvalue weighted by molar-refractivity contribution is -0.127. The van der Waals surface area contributed by atoms with Crippen LogP contribution in [0.5, 0.6) is 5.75 Å². The monoisotopic (exact) mass is 330 g/mol. The van der Waals surface area contributed by atoms with E-state index < -0.39 is 11.9 Å². The van der Waals surface area contributed by atoms with E-state index in [2.05, 4.69) is 10.3 Å². The number of hydrogen-bond donors (Lipinski definition) is 1. The van der Waals surface area contributed by atoms with Crippen LogP contribution in [0.3, 0.4) is 0 Å². The molecule has 0 radical (unpaired) electrons. The maximum absolute atomic E-state index is 12.9. The molecule has 0 saturated carbocycles. The summed E-state index contributed by atoms with van der Waals surface area (Å²) >= 11 is 0. The van der Waals surface area contributed by atoms with Gasteiger partial charge in [0, 0.05) is 5.56 Å². The van der Waals surface area contributed by atoms with Gasteiger partial charge in [0.15, 0.2) is 11.9 Å². The van der Waals surface area contributed by atoms with Gasteiger partial charge in [0.25, 0.3) is 5.91 Å². The Morgan fingerprint density at radius 3 is 2.58 bits per heavy atom. The molecule has 0 saturated heterocycles. The maximum Gasteiger partial charge on any atom is 0.261 e. The second-order valence-electron chi connectivity index (χ2n) is 5.48. The first kappa shape index (κ1) is 17.6. The molecule has 6 heteroatoms. The van der Waals surface area contributed by atoms with Crippen LogP contribution in [0.1, 0.15) is 42.9 Å². The third-order valence-corrected chi connectivity index (χ3v) is 3.48. The zero-order chi connectivity index (χ0) is 17.7. The Morgan fingerprint density at radius 2 is 1.96 bits per heavy atom.